The van der Waals surface area contributed by atoms with Crippen molar-refractivity contribution in [2.75, 3.05) is 4.90 Å². The number of nitrogens with zero attached hydrogens (tertiary/aromatic N) is 2. The lowest BCUT2D eigenvalue weighted by Crippen LogP contribution is -2.27. The van der Waals surface area contributed by atoms with E-state index in [9.17, 15) is 19.7 Å². The van der Waals surface area contributed by atoms with Crippen molar-refractivity contribution in [3.05, 3.63) is 101 Å². The Balaban J connectivity index is 1.51. The first-order valence-corrected chi connectivity index (χ1v) is 12.2. The summed E-state index contributed by atoms with van der Waals surface area (Å²) in [7, 11) is 0. The second kappa shape index (κ2) is 10.1. The van der Waals surface area contributed by atoms with E-state index >= 15 is 0 Å². The largest absolute Gasteiger partial charge is 0.487 e. The molecule has 4 rings (SSSR count). The number of benzene rings is 3. The van der Waals surface area contributed by atoms with E-state index in [1.807, 2.05) is 18.2 Å². The summed E-state index contributed by atoms with van der Waals surface area (Å²) in [5, 5.41) is 10.4. The van der Waals surface area contributed by atoms with Crippen LogP contribution in [0.2, 0.25) is 0 Å². The maximum atomic E-state index is 12.8. The van der Waals surface area contributed by atoms with Gasteiger partial charge < -0.3 is 4.74 Å². The van der Waals surface area contributed by atoms with Gasteiger partial charge in [-0.25, -0.2) is 4.90 Å². The molecule has 0 atom stereocenters. The standard InChI is InChI=1S/C23H14BrIN2O5S/c24-18-10-15(12-20-22(28)26(23(29)33-20)16-4-2-1-3-5-16)11-19(25)21(18)32-13-14-6-8-17(9-7-14)27(30)31/h1-12H,13H2/b20-12-. The summed E-state index contributed by atoms with van der Waals surface area (Å²) >= 11 is 6.54. The van der Waals surface area contributed by atoms with Crippen molar-refractivity contribution in [2.45, 2.75) is 6.61 Å². The van der Waals surface area contributed by atoms with Gasteiger partial charge in [0.1, 0.15) is 12.4 Å². The van der Waals surface area contributed by atoms with Crippen LogP contribution in [0.4, 0.5) is 16.2 Å². The third-order valence-electron chi connectivity index (χ3n) is 4.66. The number of rotatable bonds is 6. The molecule has 0 radical (unpaired) electrons. The van der Waals surface area contributed by atoms with Crippen LogP contribution >= 0.6 is 50.3 Å². The fraction of sp³-hybridized carbons (Fsp3) is 0.0435. The Bertz CT molecular complexity index is 1260. The highest BCUT2D eigenvalue weighted by molar-refractivity contribution is 14.1. The Labute approximate surface area is 215 Å². The van der Waals surface area contributed by atoms with Gasteiger partial charge in [-0.2, -0.15) is 0 Å². The van der Waals surface area contributed by atoms with Crippen LogP contribution in [0.1, 0.15) is 11.1 Å². The number of amides is 2. The minimum Gasteiger partial charge on any atom is -0.487 e. The van der Waals surface area contributed by atoms with Crippen molar-refractivity contribution < 1.29 is 19.2 Å². The van der Waals surface area contributed by atoms with Gasteiger partial charge in [-0.05, 0) is 104 Å². The maximum Gasteiger partial charge on any atom is 0.298 e. The second-order valence-corrected chi connectivity index (χ2v) is 9.89. The number of imide groups is 1. The predicted octanol–water partition coefficient (Wildman–Crippen LogP) is 6.78. The summed E-state index contributed by atoms with van der Waals surface area (Å²) in [4.78, 5) is 37.1. The normalized spacial score (nSPS) is 14.7. The molecule has 0 aromatic heterocycles. The highest BCUT2D eigenvalue weighted by atomic mass is 127. The molecule has 1 fully saturated rings. The summed E-state index contributed by atoms with van der Waals surface area (Å²) in [5.74, 6) is 0.254. The third kappa shape index (κ3) is 5.28. The van der Waals surface area contributed by atoms with Gasteiger partial charge in [0.25, 0.3) is 16.8 Å². The van der Waals surface area contributed by atoms with Crippen molar-refractivity contribution in [3.8, 4) is 5.75 Å². The van der Waals surface area contributed by atoms with E-state index in [1.54, 1.807) is 42.5 Å². The van der Waals surface area contributed by atoms with Crippen LogP contribution in [0.3, 0.4) is 0 Å². The molecule has 0 unspecified atom stereocenters. The molecule has 2 amide bonds. The van der Waals surface area contributed by atoms with Crippen molar-refractivity contribution in [3.63, 3.8) is 0 Å². The smallest absolute Gasteiger partial charge is 0.298 e. The second-order valence-electron chi connectivity index (χ2n) is 6.88. The highest BCUT2D eigenvalue weighted by Crippen LogP contribution is 2.38. The Morgan fingerprint density at radius 1 is 1.09 bits per heavy atom. The van der Waals surface area contributed by atoms with Gasteiger partial charge in [-0.15, -0.1) is 0 Å². The number of nitro groups is 1. The number of thioether (sulfide) groups is 1. The molecule has 0 N–H and O–H groups in total. The zero-order valence-electron chi connectivity index (χ0n) is 16.7. The number of halogens is 2. The first-order valence-electron chi connectivity index (χ1n) is 9.51. The Hall–Kier alpha value is -2.70. The molecule has 33 heavy (non-hydrogen) atoms. The molecule has 0 aliphatic carbocycles. The first-order chi connectivity index (χ1) is 15.8. The van der Waals surface area contributed by atoms with Crippen LogP contribution in [0.25, 0.3) is 6.08 Å². The Morgan fingerprint density at radius 3 is 2.42 bits per heavy atom. The number of nitro benzene ring substituents is 1. The lowest BCUT2D eigenvalue weighted by Gasteiger charge is -2.12. The summed E-state index contributed by atoms with van der Waals surface area (Å²) < 4.78 is 7.40. The predicted molar refractivity (Wildman–Crippen MR) is 139 cm³/mol. The summed E-state index contributed by atoms with van der Waals surface area (Å²) in [6.45, 7) is 0.238. The zero-order chi connectivity index (χ0) is 23.5. The van der Waals surface area contributed by atoms with Crippen molar-refractivity contribution >= 4 is 78.9 Å². The van der Waals surface area contributed by atoms with Gasteiger partial charge in [0.05, 0.1) is 23.6 Å². The fourth-order valence-corrected chi connectivity index (χ4v) is 5.70. The third-order valence-corrected chi connectivity index (χ3v) is 6.92. The van der Waals surface area contributed by atoms with Gasteiger partial charge in [0.15, 0.2) is 0 Å². The number of carbonyl (C=O) groups is 2. The van der Waals surface area contributed by atoms with Gasteiger partial charge in [-0.1, -0.05) is 18.2 Å². The molecule has 1 heterocycles. The number of para-hydroxylation sites is 1. The molecule has 166 valence electrons. The number of ether oxygens (including phenoxy) is 1. The van der Waals surface area contributed by atoms with E-state index in [-0.39, 0.29) is 23.4 Å². The van der Waals surface area contributed by atoms with Crippen LogP contribution in [-0.2, 0) is 11.4 Å². The average molecular weight is 637 g/mol. The molecule has 1 aliphatic heterocycles. The molecule has 0 bridgehead atoms. The molecule has 1 aliphatic rings. The van der Waals surface area contributed by atoms with Gasteiger partial charge in [0, 0.05) is 12.1 Å². The van der Waals surface area contributed by atoms with Crippen LogP contribution in [0.15, 0.2) is 76.1 Å². The van der Waals surface area contributed by atoms with E-state index < -0.39 is 4.92 Å². The molecular formula is C23H14BrIN2O5S. The summed E-state index contributed by atoms with van der Waals surface area (Å²) in [6, 6.07) is 18.6. The minimum atomic E-state index is -0.447. The molecule has 0 spiro atoms. The van der Waals surface area contributed by atoms with E-state index in [1.165, 1.54) is 12.1 Å². The molecule has 0 saturated carbocycles. The monoisotopic (exact) mass is 636 g/mol. The van der Waals surface area contributed by atoms with E-state index in [0.29, 0.717) is 20.8 Å². The number of carbonyl (C=O) groups excluding carboxylic acids is 2. The molecule has 3 aromatic carbocycles. The van der Waals surface area contributed by atoms with Gasteiger partial charge >= 0.3 is 0 Å². The molecule has 3 aromatic rings. The summed E-state index contributed by atoms with van der Waals surface area (Å²) in [6.07, 6.45) is 1.68. The summed E-state index contributed by atoms with van der Waals surface area (Å²) in [5.41, 5.74) is 2.10. The lowest BCUT2D eigenvalue weighted by atomic mass is 10.2. The highest BCUT2D eigenvalue weighted by Gasteiger charge is 2.36. The van der Waals surface area contributed by atoms with Crippen molar-refractivity contribution in [2.24, 2.45) is 0 Å². The van der Waals surface area contributed by atoms with Crippen LogP contribution in [-0.4, -0.2) is 16.1 Å². The lowest BCUT2D eigenvalue weighted by molar-refractivity contribution is -0.384. The Morgan fingerprint density at radius 2 is 1.79 bits per heavy atom. The van der Waals surface area contributed by atoms with Crippen molar-refractivity contribution in [1.82, 2.24) is 0 Å². The number of anilines is 1. The van der Waals surface area contributed by atoms with Gasteiger partial charge in [-0.3, -0.25) is 19.7 Å². The molecular weight excluding hydrogens is 623 g/mol. The molecule has 1 saturated heterocycles. The van der Waals surface area contributed by atoms with Crippen LogP contribution < -0.4 is 9.64 Å². The Kier molecular flexibility index (Phi) is 7.15. The van der Waals surface area contributed by atoms with Gasteiger partial charge in [0.2, 0.25) is 0 Å². The minimum absolute atomic E-state index is 0.0237. The van der Waals surface area contributed by atoms with Crippen LogP contribution in [0, 0.1) is 13.7 Å². The first kappa shape index (κ1) is 23.5. The quantitative estimate of drug-likeness (QED) is 0.128. The number of hydrogen-bond acceptors (Lipinski definition) is 6. The van der Waals surface area contributed by atoms with E-state index in [0.717, 1.165) is 31.4 Å². The average Bonchev–Trinajstić information content (AvgIpc) is 3.06. The van der Waals surface area contributed by atoms with Crippen LogP contribution in [0.5, 0.6) is 5.75 Å². The SMILES string of the molecule is O=C1S/C(=C\c2cc(Br)c(OCc3ccc([N+](=O)[O-])cc3)c(I)c2)C(=O)N1c1ccccc1. The topological polar surface area (TPSA) is 89.7 Å². The molecule has 10 heteroatoms. The maximum absolute atomic E-state index is 12.8. The molecule has 7 nitrogen and oxygen atoms in total. The zero-order valence-corrected chi connectivity index (χ0v) is 21.3. The van der Waals surface area contributed by atoms with E-state index in [2.05, 4.69) is 38.5 Å². The van der Waals surface area contributed by atoms with Crippen molar-refractivity contribution in [1.29, 1.82) is 0 Å². The fourth-order valence-electron chi connectivity index (χ4n) is 3.09. The number of hydrogen-bond donors (Lipinski definition) is 0. The van der Waals surface area contributed by atoms with E-state index in [4.69, 9.17) is 4.74 Å². The number of non-ortho nitro benzene ring substituents is 1.